The Morgan fingerprint density at radius 1 is 1.10 bits per heavy atom. The Hall–Kier alpha value is -1.67. The number of nitrogens with one attached hydrogen (secondary N) is 1. The highest BCUT2D eigenvalue weighted by Crippen LogP contribution is 2.29. The van der Waals surface area contributed by atoms with Gasteiger partial charge in [0.05, 0.1) is 0 Å². The zero-order valence-corrected chi connectivity index (χ0v) is 13.3. The van der Waals surface area contributed by atoms with Crippen LogP contribution in [0.2, 0.25) is 0 Å². The maximum atomic E-state index is 13.5. The normalized spacial score (nSPS) is 12.4. The van der Waals surface area contributed by atoms with Crippen LogP contribution in [0.4, 0.5) is 4.39 Å². The van der Waals surface area contributed by atoms with E-state index < -0.39 is 0 Å². The van der Waals surface area contributed by atoms with Crippen LogP contribution in [0, 0.1) is 19.7 Å². The molecule has 1 atom stereocenters. The van der Waals surface area contributed by atoms with Crippen molar-refractivity contribution in [1.29, 1.82) is 0 Å². The topological polar surface area (TPSA) is 12.0 Å². The Morgan fingerprint density at radius 3 is 2.38 bits per heavy atom. The summed E-state index contributed by atoms with van der Waals surface area (Å²) in [6.45, 7) is 9.30. The molecule has 0 heterocycles. The van der Waals surface area contributed by atoms with Gasteiger partial charge in [-0.1, -0.05) is 25.1 Å². The third-order valence-corrected chi connectivity index (χ3v) is 3.87. The first-order chi connectivity index (χ1) is 10.0. The lowest BCUT2D eigenvalue weighted by Gasteiger charge is -2.16. The van der Waals surface area contributed by atoms with Gasteiger partial charge < -0.3 is 5.32 Å². The maximum absolute atomic E-state index is 13.5. The average Bonchev–Trinajstić information content (AvgIpc) is 2.44. The second-order valence-electron chi connectivity index (χ2n) is 5.72. The molecule has 0 aliphatic carbocycles. The van der Waals surface area contributed by atoms with E-state index in [4.69, 9.17) is 0 Å². The minimum atomic E-state index is -0.164. The average molecular weight is 285 g/mol. The number of halogens is 1. The lowest BCUT2D eigenvalue weighted by atomic mass is 9.93. The molecule has 0 saturated heterocycles. The monoisotopic (exact) mass is 285 g/mol. The molecular formula is C19H24FN. The minimum absolute atomic E-state index is 0.164. The van der Waals surface area contributed by atoms with Gasteiger partial charge in [-0.25, -0.2) is 4.39 Å². The summed E-state index contributed by atoms with van der Waals surface area (Å²) in [5.74, 6) is -0.164. The van der Waals surface area contributed by atoms with Crippen molar-refractivity contribution >= 4 is 0 Å². The van der Waals surface area contributed by atoms with Crippen molar-refractivity contribution in [3.05, 3.63) is 58.9 Å². The van der Waals surface area contributed by atoms with Crippen molar-refractivity contribution < 1.29 is 4.39 Å². The van der Waals surface area contributed by atoms with Gasteiger partial charge in [-0.15, -0.1) is 0 Å². The van der Waals surface area contributed by atoms with Gasteiger partial charge in [0.2, 0.25) is 0 Å². The molecule has 112 valence electrons. The second-order valence-corrected chi connectivity index (χ2v) is 5.72. The van der Waals surface area contributed by atoms with Crippen molar-refractivity contribution in [2.24, 2.45) is 0 Å². The van der Waals surface area contributed by atoms with Crippen molar-refractivity contribution in [3.8, 4) is 11.1 Å². The number of hydrogen-bond donors (Lipinski definition) is 1. The first-order valence-corrected chi connectivity index (χ1v) is 7.63. The van der Waals surface area contributed by atoms with E-state index in [0.717, 1.165) is 35.2 Å². The Kier molecular flexibility index (Phi) is 5.13. The number of benzene rings is 2. The van der Waals surface area contributed by atoms with E-state index in [9.17, 15) is 4.39 Å². The van der Waals surface area contributed by atoms with E-state index in [-0.39, 0.29) is 5.82 Å². The fraction of sp³-hybridized carbons (Fsp3) is 0.368. The van der Waals surface area contributed by atoms with Gasteiger partial charge >= 0.3 is 0 Å². The summed E-state index contributed by atoms with van der Waals surface area (Å²) >= 11 is 0. The first kappa shape index (κ1) is 15.7. The molecule has 2 rings (SSSR count). The van der Waals surface area contributed by atoms with Crippen LogP contribution in [0.25, 0.3) is 11.1 Å². The van der Waals surface area contributed by atoms with Crippen molar-refractivity contribution in [1.82, 2.24) is 5.32 Å². The summed E-state index contributed by atoms with van der Waals surface area (Å²) in [6.07, 6.45) is 1.13. The summed E-state index contributed by atoms with van der Waals surface area (Å²) in [5.41, 5.74) is 5.54. The van der Waals surface area contributed by atoms with E-state index in [2.05, 4.69) is 43.4 Å². The summed E-state index contributed by atoms with van der Waals surface area (Å²) in [5, 5.41) is 3.51. The van der Waals surface area contributed by atoms with E-state index in [1.807, 2.05) is 13.8 Å². The number of aryl methyl sites for hydroxylation is 2. The molecular weight excluding hydrogens is 261 g/mol. The second kappa shape index (κ2) is 6.86. The predicted octanol–water partition coefficient (Wildman–Crippen LogP) is 5.17. The molecule has 2 aromatic carbocycles. The molecule has 1 unspecified atom stereocenters. The Labute approximate surface area is 127 Å². The number of hydrogen-bond acceptors (Lipinski definition) is 1. The highest BCUT2D eigenvalue weighted by atomic mass is 19.1. The standard InChI is InChI=1S/C19H24FN/c1-5-9-21-15(4)16-7-6-8-17(12-16)19-13(2)10-18(20)11-14(19)3/h6-8,10-12,15,21H,5,9H2,1-4H3. The molecule has 1 nitrogen and oxygen atoms in total. The van der Waals surface area contributed by atoms with Crippen molar-refractivity contribution in [2.45, 2.75) is 40.2 Å². The minimum Gasteiger partial charge on any atom is -0.310 e. The van der Waals surface area contributed by atoms with Gasteiger partial charge in [0.15, 0.2) is 0 Å². The van der Waals surface area contributed by atoms with Crippen LogP contribution in [0.15, 0.2) is 36.4 Å². The summed E-state index contributed by atoms with van der Waals surface area (Å²) in [7, 11) is 0. The fourth-order valence-electron chi connectivity index (χ4n) is 2.81. The van der Waals surface area contributed by atoms with Crippen LogP contribution in [0.5, 0.6) is 0 Å². The molecule has 0 amide bonds. The predicted molar refractivity (Wildman–Crippen MR) is 88.0 cm³/mol. The Balaban J connectivity index is 2.38. The molecule has 0 aromatic heterocycles. The lowest BCUT2D eigenvalue weighted by molar-refractivity contribution is 0.571. The lowest BCUT2D eigenvalue weighted by Crippen LogP contribution is -2.19. The van der Waals surface area contributed by atoms with Gasteiger partial charge in [-0.2, -0.15) is 0 Å². The molecule has 0 spiro atoms. The quantitative estimate of drug-likeness (QED) is 0.799. The van der Waals surface area contributed by atoms with Crippen molar-refractivity contribution in [2.75, 3.05) is 6.54 Å². The first-order valence-electron chi connectivity index (χ1n) is 7.63. The molecule has 2 heteroatoms. The molecule has 1 N–H and O–H groups in total. The van der Waals surface area contributed by atoms with Gasteiger partial charge in [0, 0.05) is 6.04 Å². The van der Waals surface area contributed by atoms with E-state index in [0.29, 0.717) is 6.04 Å². The van der Waals surface area contributed by atoms with Gasteiger partial charge in [-0.05, 0) is 79.8 Å². The highest BCUT2D eigenvalue weighted by Gasteiger charge is 2.10. The van der Waals surface area contributed by atoms with E-state index in [1.165, 1.54) is 5.56 Å². The van der Waals surface area contributed by atoms with Crippen LogP contribution in [-0.2, 0) is 0 Å². The SMILES string of the molecule is CCCNC(C)c1cccc(-c2c(C)cc(F)cc2C)c1. The molecule has 21 heavy (non-hydrogen) atoms. The third kappa shape index (κ3) is 3.70. The van der Waals surface area contributed by atoms with Crippen LogP contribution < -0.4 is 5.32 Å². The van der Waals surface area contributed by atoms with Gasteiger partial charge in [0.25, 0.3) is 0 Å². The molecule has 0 fully saturated rings. The zero-order chi connectivity index (χ0) is 15.4. The zero-order valence-electron chi connectivity index (χ0n) is 13.3. The molecule has 0 aliphatic rings. The van der Waals surface area contributed by atoms with Crippen LogP contribution in [0.1, 0.15) is 43.0 Å². The van der Waals surface area contributed by atoms with Gasteiger partial charge in [0.1, 0.15) is 5.82 Å². The molecule has 0 saturated carbocycles. The Bertz CT molecular complexity index is 596. The van der Waals surface area contributed by atoms with Crippen LogP contribution in [-0.4, -0.2) is 6.54 Å². The largest absolute Gasteiger partial charge is 0.310 e. The molecule has 0 bridgehead atoms. The number of rotatable bonds is 5. The smallest absolute Gasteiger partial charge is 0.123 e. The van der Waals surface area contributed by atoms with Crippen LogP contribution in [0.3, 0.4) is 0 Å². The molecule has 2 aromatic rings. The summed E-state index contributed by atoms with van der Waals surface area (Å²) in [6, 6.07) is 12.1. The van der Waals surface area contributed by atoms with E-state index >= 15 is 0 Å². The summed E-state index contributed by atoms with van der Waals surface area (Å²) in [4.78, 5) is 0. The highest BCUT2D eigenvalue weighted by molar-refractivity contribution is 5.71. The molecule has 0 aliphatic heterocycles. The van der Waals surface area contributed by atoms with E-state index in [1.54, 1.807) is 12.1 Å². The van der Waals surface area contributed by atoms with Gasteiger partial charge in [-0.3, -0.25) is 0 Å². The maximum Gasteiger partial charge on any atom is 0.123 e. The van der Waals surface area contributed by atoms with Crippen LogP contribution >= 0.6 is 0 Å². The summed E-state index contributed by atoms with van der Waals surface area (Å²) < 4.78 is 13.5. The fourth-order valence-corrected chi connectivity index (χ4v) is 2.81. The third-order valence-electron chi connectivity index (χ3n) is 3.87. The van der Waals surface area contributed by atoms with Crippen molar-refractivity contribution in [3.63, 3.8) is 0 Å². The molecule has 0 radical (unpaired) electrons. The Morgan fingerprint density at radius 2 is 1.76 bits per heavy atom.